The summed E-state index contributed by atoms with van der Waals surface area (Å²) in [6, 6.07) is 7.00. The van der Waals surface area contributed by atoms with Crippen molar-refractivity contribution in [2.24, 2.45) is 0 Å². The number of carbonyl (C=O) groups excluding carboxylic acids is 3. The summed E-state index contributed by atoms with van der Waals surface area (Å²) in [6.07, 6.45) is 1.89. The molecule has 132 valence electrons. The maximum absolute atomic E-state index is 12.1. The minimum absolute atomic E-state index is 0.0311. The number of rotatable bonds is 7. The van der Waals surface area contributed by atoms with E-state index in [2.05, 4.69) is 15.0 Å². The lowest BCUT2D eigenvalue weighted by atomic mass is 10.2. The number of hydrogen-bond donors (Lipinski definition) is 1. The Morgan fingerprint density at radius 2 is 2.04 bits per heavy atom. The number of nitrogens with zero attached hydrogens (tertiary/aromatic N) is 1. The molecule has 1 N–H and O–H groups in total. The molecular formula is C16H16N2O5S2. The van der Waals surface area contributed by atoms with Gasteiger partial charge in [0, 0.05) is 10.3 Å². The summed E-state index contributed by atoms with van der Waals surface area (Å²) in [5.41, 5.74) is 0.912. The number of hydrogen-bond acceptors (Lipinski definition) is 8. The predicted molar refractivity (Wildman–Crippen MR) is 95.0 cm³/mol. The smallest absolute Gasteiger partial charge is 0.339 e. The van der Waals surface area contributed by atoms with Gasteiger partial charge in [0.1, 0.15) is 0 Å². The number of methoxy groups -OCH3 is 1. The first-order valence-electron chi connectivity index (χ1n) is 7.14. The van der Waals surface area contributed by atoms with Crippen LogP contribution in [0.1, 0.15) is 16.1 Å². The van der Waals surface area contributed by atoms with Gasteiger partial charge in [-0.2, -0.15) is 0 Å². The van der Waals surface area contributed by atoms with Gasteiger partial charge in [0.05, 0.1) is 24.8 Å². The van der Waals surface area contributed by atoms with Crippen LogP contribution in [-0.2, 0) is 25.5 Å². The molecule has 0 aliphatic rings. The number of aromatic nitrogens is 1. The molecule has 2 rings (SSSR count). The van der Waals surface area contributed by atoms with Crippen molar-refractivity contribution in [3.05, 3.63) is 40.9 Å². The molecule has 1 aromatic carbocycles. The van der Waals surface area contributed by atoms with E-state index in [1.54, 1.807) is 23.6 Å². The molecule has 1 aromatic heterocycles. The molecule has 0 spiro atoms. The van der Waals surface area contributed by atoms with Crippen LogP contribution in [0.2, 0.25) is 0 Å². The van der Waals surface area contributed by atoms with Gasteiger partial charge < -0.3 is 9.47 Å². The van der Waals surface area contributed by atoms with Crippen LogP contribution in [0, 0.1) is 0 Å². The van der Waals surface area contributed by atoms with Crippen LogP contribution in [0.5, 0.6) is 0 Å². The van der Waals surface area contributed by atoms with Crippen molar-refractivity contribution in [1.82, 2.24) is 4.98 Å². The highest BCUT2D eigenvalue weighted by atomic mass is 32.2. The van der Waals surface area contributed by atoms with Crippen molar-refractivity contribution >= 4 is 46.1 Å². The highest BCUT2D eigenvalue weighted by Gasteiger charge is 2.15. The molecule has 0 saturated carbocycles. The molecular weight excluding hydrogens is 364 g/mol. The van der Waals surface area contributed by atoms with Gasteiger partial charge in [-0.15, -0.1) is 23.1 Å². The first-order chi connectivity index (χ1) is 12.0. The monoisotopic (exact) mass is 380 g/mol. The Bertz CT molecular complexity index is 775. The average Bonchev–Trinajstić information content (AvgIpc) is 3.06. The lowest BCUT2D eigenvalue weighted by molar-refractivity contribution is -0.139. The molecule has 0 atom stereocenters. The number of esters is 2. The van der Waals surface area contributed by atoms with Crippen LogP contribution >= 0.6 is 23.1 Å². The summed E-state index contributed by atoms with van der Waals surface area (Å²) in [6.45, 7) is -0.423. The maximum atomic E-state index is 12.1. The Kier molecular flexibility index (Phi) is 6.96. The summed E-state index contributed by atoms with van der Waals surface area (Å²) in [4.78, 5) is 40.0. The second-order valence-corrected chi connectivity index (χ2v) is 6.43. The SMILES string of the molecule is COC(=O)Cc1csc(NC(=O)COC(=O)c2ccccc2SC)n1. The molecule has 2 aromatic rings. The number of thioether (sulfide) groups is 1. The Morgan fingerprint density at radius 3 is 2.76 bits per heavy atom. The van der Waals surface area contributed by atoms with Crippen LogP contribution in [0.3, 0.4) is 0 Å². The molecule has 1 amide bonds. The number of nitrogens with one attached hydrogen (secondary N) is 1. The van der Waals surface area contributed by atoms with Gasteiger partial charge >= 0.3 is 11.9 Å². The number of ether oxygens (including phenoxy) is 2. The number of benzene rings is 1. The molecule has 25 heavy (non-hydrogen) atoms. The molecule has 0 aliphatic carbocycles. The highest BCUT2D eigenvalue weighted by molar-refractivity contribution is 7.98. The van der Waals surface area contributed by atoms with Crippen LogP contribution in [0.4, 0.5) is 5.13 Å². The summed E-state index contributed by atoms with van der Waals surface area (Å²) in [5, 5.41) is 4.49. The summed E-state index contributed by atoms with van der Waals surface area (Å²) >= 11 is 2.59. The van der Waals surface area contributed by atoms with Crippen molar-refractivity contribution in [1.29, 1.82) is 0 Å². The van der Waals surface area contributed by atoms with Crippen LogP contribution in [0.25, 0.3) is 0 Å². The van der Waals surface area contributed by atoms with E-state index in [0.717, 1.165) is 4.90 Å². The standard InChI is InChI=1S/C16H16N2O5S2/c1-22-14(20)7-10-9-25-16(17-10)18-13(19)8-23-15(21)11-5-3-4-6-12(11)24-2/h3-6,9H,7-8H2,1-2H3,(H,17,18,19). The van der Waals surface area contributed by atoms with E-state index in [4.69, 9.17) is 4.74 Å². The van der Waals surface area contributed by atoms with Gasteiger partial charge in [0.2, 0.25) is 0 Å². The number of anilines is 1. The Hall–Kier alpha value is -2.39. The fourth-order valence-electron chi connectivity index (χ4n) is 1.84. The van der Waals surface area contributed by atoms with Crippen molar-refractivity contribution in [3.63, 3.8) is 0 Å². The van der Waals surface area contributed by atoms with Crippen LogP contribution in [-0.4, -0.2) is 42.8 Å². The molecule has 0 bridgehead atoms. The van der Waals surface area contributed by atoms with E-state index in [-0.39, 0.29) is 6.42 Å². The minimum atomic E-state index is -0.564. The zero-order chi connectivity index (χ0) is 18.2. The first kappa shape index (κ1) is 18.9. The quantitative estimate of drug-likeness (QED) is 0.582. The zero-order valence-corrected chi connectivity index (χ0v) is 15.2. The van der Waals surface area contributed by atoms with Crippen molar-refractivity contribution in [2.45, 2.75) is 11.3 Å². The van der Waals surface area contributed by atoms with E-state index in [9.17, 15) is 14.4 Å². The highest BCUT2D eigenvalue weighted by Crippen LogP contribution is 2.20. The van der Waals surface area contributed by atoms with E-state index in [0.29, 0.717) is 16.4 Å². The Balaban J connectivity index is 1.86. The lowest BCUT2D eigenvalue weighted by Gasteiger charge is -2.07. The second-order valence-electron chi connectivity index (χ2n) is 4.72. The van der Waals surface area contributed by atoms with Gasteiger partial charge in [-0.3, -0.25) is 14.9 Å². The van der Waals surface area contributed by atoms with E-state index >= 15 is 0 Å². The number of thiazole rings is 1. The van der Waals surface area contributed by atoms with Gasteiger partial charge in [-0.25, -0.2) is 9.78 Å². The zero-order valence-electron chi connectivity index (χ0n) is 13.6. The van der Waals surface area contributed by atoms with E-state index < -0.39 is 24.5 Å². The maximum Gasteiger partial charge on any atom is 0.339 e. The first-order valence-corrected chi connectivity index (χ1v) is 9.25. The fraction of sp³-hybridized carbons (Fsp3) is 0.250. The molecule has 0 fully saturated rings. The predicted octanol–water partition coefficient (Wildman–Crippen LogP) is 2.38. The van der Waals surface area contributed by atoms with Gasteiger partial charge in [0.25, 0.3) is 5.91 Å². The third-order valence-corrected chi connectivity index (χ3v) is 4.61. The molecule has 7 nitrogen and oxygen atoms in total. The van der Waals surface area contributed by atoms with Crippen molar-refractivity contribution in [2.75, 3.05) is 25.3 Å². The molecule has 0 unspecified atom stereocenters. The van der Waals surface area contributed by atoms with Gasteiger partial charge in [-0.05, 0) is 18.4 Å². The largest absolute Gasteiger partial charge is 0.469 e. The summed E-state index contributed by atoms with van der Waals surface area (Å²) in [7, 11) is 1.29. The van der Waals surface area contributed by atoms with Crippen LogP contribution < -0.4 is 5.32 Å². The lowest BCUT2D eigenvalue weighted by Crippen LogP contribution is -2.21. The molecule has 0 saturated heterocycles. The van der Waals surface area contributed by atoms with E-state index in [1.807, 2.05) is 12.3 Å². The normalized spacial score (nSPS) is 10.2. The Morgan fingerprint density at radius 1 is 1.28 bits per heavy atom. The fourth-order valence-corrected chi connectivity index (χ4v) is 3.16. The third-order valence-electron chi connectivity index (χ3n) is 3.01. The van der Waals surface area contributed by atoms with Crippen LogP contribution in [0.15, 0.2) is 34.5 Å². The third kappa shape index (κ3) is 5.57. The number of amides is 1. The van der Waals surface area contributed by atoms with Crippen molar-refractivity contribution in [3.8, 4) is 0 Å². The van der Waals surface area contributed by atoms with E-state index in [1.165, 1.54) is 30.2 Å². The summed E-state index contributed by atoms with van der Waals surface area (Å²) < 4.78 is 9.58. The number of carbonyl (C=O) groups is 3. The van der Waals surface area contributed by atoms with Gasteiger partial charge in [-0.1, -0.05) is 12.1 Å². The average molecular weight is 380 g/mol. The Labute approximate surface area is 152 Å². The van der Waals surface area contributed by atoms with Gasteiger partial charge in [0.15, 0.2) is 11.7 Å². The topological polar surface area (TPSA) is 94.6 Å². The summed E-state index contributed by atoms with van der Waals surface area (Å²) in [5.74, 6) is -1.48. The molecule has 0 aliphatic heterocycles. The minimum Gasteiger partial charge on any atom is -0.469 e. The molecule has 1 heterocycles. The second kappa shape index (κ2) is 9.19. The molecule has 9 heteroatoms. The van der Waals surface area contributed by atoms with Crippen molar-refractivity contribution < 1.29 is 23.9 Å². The molecule has 0 radical (unpaired) electrons.